The molecule has 0 aromatic carbocycles. The van der Waals surface area contributed by atoms with E-state index in [1.807, 2.05) is 0 Å². The van der Waals surface area contributed by atoms with Crippen molar-refractivity contribution in [3.63, 3.8) is 0 Å². The smallest absolute Gasteiger partial charge is 0.320 e. The van der Waals surface area contributed by atoms with Gasteiger partial charge in [0.1, 0.15) is 6.04 Å². The standard InChI is InChI=1S/C12H26N2O2/c1-9(2)7-14(8-10(3)4)6-5-11(13)12(15)16/h9-11H,5-8,13H2,1-4H3,(H,15,16). The van der Waals surface area contributed by atoms with E-state index in [-0.39, 0.29) is 0 Å². The quantitative estimate of drug-likeness (QED) is 0.661. The summed E-state index contributed by atoms with van der Waals surface area (Å²) in [5.41, 5.74) is 5.50. The summed E-state index contributed by atoms with van der Waals surface area (Å²) in [4.78, 5) is 12.9. The molecule has 4 heteroatoms. The molecule has 4 nitrogen and oxygen atoms in total. The van der Waals surface area contributed by atoms with E-state index in [9.17, 15) is 4.79 Å². The highest BCUT2D eigenvalue weighted by Gasteiger charge is 2.15. The fraction of sp³-hybridized carbons (Fsp3) is 0.917. The number of carbonyl (C=O) groups is 1. The molecular weight excluding hydrogens is 204 g/mol. The molecule has 96 valence electrons. The number of nitrogens with two attached hydrogens (primary N) is 1. The Kier molecular flexibility index (Phi) is 7.34. The molecule has 1 unspecified atom stereocenters. The van der Waals surface area contributed by atoms with Crippen molar-refractivity contribution in [3.8, 4) is 0 Å². The van der Waals surface area contributed by atoms with Crippen molar-refractivity contribution >= 4 is 5.97 Å². The van der Waals surface area contributed by atoms with E-state index in [2.05, 4.69) is 32.6 Å². The lowest BCUT2D eigenvalue weighted by molar-refractivity contribution is -0.138. The predicted octanol–water partition coefficient (Wildman–Crippen LogP) is 1.40. The van der Waals surface area contributed by atoms with Crippen LogP contribution in [-0.4, -0.2) is 41.7 Å². The highest BCUT2D eigenvalue weighted by Crippen LogP contribution is 2.05. The zero-order valence-corrected chi connectivity index (χ0v) is 10.9. The van der Waals surface area contributed by atoms with Crippen LogP contribution in [0.5, 0.6) is 0 Å². The van der Waals surface area contributed by atoms with Crippen LogP contribution in [-0.2, 0) is 4.79 Å². The van der Waals surface area contributed by atoms with Gasteiger partial charge in [-0.2, -0.15) is 0 Å². The van der Waals surface area contributed by atoms with E-state index in [1.54, 1.807) is 0 Å². The number of nitrogens with zero attached hydrogens (tertiary/aromatic N) is 1. The molecular formula is C12H26N2O2. The highest BCUT2D eigenvalue weighted by atomic mass is 16.4. The first-order chi connectivity index (χ1) is 7.32. The van der Waals surface area contributed by atoms with Gasteiger partial charge in [-0.3, -0.25) is 4.79 Å². The molecule has 0 aliphatic rings. The molecule has 0 aliphatic heterocycles. The lowest BCUT2D eigenvalue weighted by Crippen LogP contribution is -2.38. The molecule has 16 heavy (non-hydrogen) atoms. The second-order valence-corrected chi connectivity index (χ2v) is 5.28. The summed E-state index contributed by atoms with van der Waals surface area (Å²) in [5, 5.41) is 8.72. The first kappa shape index (κ1) is 15.4. The summed E-state index contributed by atoms with van der Waals surface area (Å²) in [7, 11) is 0. The van der Waals surface area contributed by atoms with Crippen LogP contribution in [0.3, 0.4) is 0 Å². The van der Waals surface area contributed by atoms with Gasteiger partial charge in [0.15, 0.2) is 0 Å². The van der Waals surface area contributed by atoms with Crippen molar-refractivity contribution in [2.75, 3.05) is 19.6 Å². The zero-order valence-electron chi connectivity index (χ0n) is 10.9. The van der Waals surface area contributed by atoms with Crippen LogP contribution in [0.4, 0.5) is 0 Å². The molecule has 0 heterocycles. The largest absolute Gasteiger partial charge is 0.480 e. The maximum atomic E-state index is 10.6. The second-order valence-electron chi connectivity index (χ2n) is 5.28. The van der Waals surface area contributed by atoms with E-state index in [0.29, 0.717) is 18.3 Å². The van der Waals surface area contributed by atoms with Crippen LogP contribution in [0.25, 0.3) is 0 Å². The molecule has 3 N–H and O–H groups in total. The molecule has 0 aromatic rings. The summed E-state index contributed by atoms with van der Waals surface area (Å²) in [6.07, 6.45) is 0.523. The molecule has 0 saturated heterocycles. The van der Waals surface area contributed by atoms with E-state index >= 15 is 0 Å². The Morgan fingerprint density at radius 2 is 1.62 bits per heavy atom. The van der Waals surface area contributed by atoms with Gasteiger partial charge < -0.3 is 15.7 Å². The van der Waals surface area contributed by atoms with Crippen molar-refractivity contribution in [3.05, 3.63) is 0 Å². The number of aliphatic carboxylic acids is 1. The highest BCUT2D eigenvalue weighted by molar-refractivity contribution is 5.72. The zero-order chi connectivity index (χ0) is 12.7. The van der Waals surface area contributed by atoms with Crippen LogP contribution in [0.15, 0.2) is 0 Å². The molecule has 0 fully saturated rings. The summed E-state index contributed by atoms with van der Waals surface area (Å²) >= 11 is 0. The average Bonchev–Trinajstić information content (AvgIpc) is 2.11. The topological polar surface area (TPSA) is 66.6 Å². The van der Waals surface area contributed by atoms with Crippen LogP contribution >= 0.6 is 0 Å². The molecule has 0 amide bonds. The molecule has 0 rings (SSSR count). The molecule has 0 saturated carbocycles. The molecule has 0 aromatic heterocycles. The van der Waals surface area contributed by atoms with Crippen LogP contribution in [0.2, 0.25) is 0 Å². The summed E-state index contributed by atoms with van der Waals surface area (Å²) in [6, 6.07) is -0.734. The van der Waals surface area contributed by atoms with E-state index in [1.165, 1.54) is 0 Å². The lowest BCUT2D eigenvalue weighted by Gasteiger charge is -2.26. The van der Waals surface area contributed by atoms with Crippen LogP contribution in [0.1, 0.15) is 34.1 Å². The third-order valence-corrected chi connectivity index (χ3v) is 2.32. The third kappa shape index (κ3) is 7.65. The Labute approximate surface area is 98.8 Å². The van der Waals surface area contributed by atoms with Gasteiger partial charge in [0, 0.05) is 19.6 Å². The maximum absolute atomic E-state index is 10.6. The summed E-state index contributed by atoms with van der Waals surface area (Å²) in [5.74, 6) is 0.286. The van der Waals surface area contributed by atoms with Gasteiger partial charge in [-0.1, -0.05) is 27.7 Å². The average molecular weight is 230 g/mol. The van der Waals surface area contributed by atoms with Gasteiger partial charge in [-0.05, 0) is 18.3 Å². The lowest BCUT2D eigenvalue weighted by atomic mass is 10.1. The van der Waals surface area contributed by atoms with Gasteiger partial charge in [0.05, 0.1) is 0 Å². The number of rotatable bonds is 8. The predicted molar refractivity (Wildman–Crippen MR) is 66.3 cm³/mol. The minimum atomic E-state index is -0.908. The monoisotopic (exact) mass is 230 g/mol. The summed E-state index contributed by atoms with van der Waals surface area (Å²) in [6.45, 7) is 11.5. The Hall–Kier alpha value is -0.610. The molecule has 0 spiro atoms. The van der Waals surface area contributed by atoms with Gasteiger partial charge in [0.25, 0.3) is 0 Å². The first-order valence-corrected chi connectivity index (χ1v) is 6.03. The second kappa shape index (κ2) is 7.63. The fourth-order valence-corrected chi connectivity index (χ4v) is 1.74. The first-order valence-electron chi connectivity index (χ1n) is 6.03. The molecule has 0 aliphatic carbocycles. The van der Waals surface area contributed by atoms with E-state index < -0.39 is 12.0 Å². The minimum Gasteiger partial charge on any atom is -0.480 e. The molecule has 1 atom stereocenters. The van der Waals surface area contributed by atoms with Crippen molar-refractivity contribution < 1.29 is 9.90 Å². The van der Waals surface area contributed by atoms with Crippen LogP contribution < -0.4 is 5.73 Å². The van der Waals surface area contributed by atoms with Gasteiger partial charge in [-0.25, -0.2) is 0 Å². The van der Waals surface area contributed by atoms with Crippen LogP contribution in [0, 0.1) is 11.8 Å². The third-order valence-electron chi connectivity index (χ3n) is 2.32. The number of hydrogen-bond acceptors (Lipinski definition) is 3. The van der Waals surface area contributed by atoms with Gasteiger partial charge >= 0.3 is 5.97 Å². The molecule has 0 radical (unpaired) electrons. The summed E-state index contributed by atoms with van der Waals surface area (Å²) < 4.78 is 0. The Morgan fingerprint density at radius 1 is 1.19 bits per heavy atom. The minimum absolute atomic E-state index is 0.523. The van der Waals surface area contributed by atoms with E-state index in [4.69, 9.17) is 10.8 Å². The Bertz CT molecular complexity index is 195. The normalized spacial score (nSPS) is 13.8. The van der Waals surface area contributed by atoms with Gasteiger partial charge in [-0.15, -0.1) is 0 Å². The molecule has 0 bridgehead atoms. The van der Waals surface area contributed by atoms with Crippen molar-refractivity contribution in [1.29, 1.82) is 0 Å². The Balaban J connectivity index is 4.05. The van der Waals surface area contributed by atoms with E-state index in [0.717, 1.165) is 19.6 Å². The maximum Gasteiger partial charge on any atom is 0.320 e. The SMILES string of the molecule is CC(C)CN(CCC(N)C(=O)O)CC(C)C. The number of carboxylic acids is 1. The number of hydrogen-bond donors (Lipinski definition) is 2. The van der Waals surface area contributed by atoms with Crippen molar-refractivity contribution in [1.82, 2.24) is 4.90 Å². The Morgan fingerprint density at radius 3 is 1.94 bits per heavy atom. The van der Waals surface area contributed by atoms with Crippen molar-refractivity contribution in [2.24, 2.45) is 17.6 Å². The van der Waals surface area contributed by atoms with Gasteiger partial charge in [0.2, 0.25) is 0 Å². The number of carboxylic acid groups (broad SMARTS) is 1. The fourth-order valence-electron chi connectivity index (χ4n) is 1.74. The van der Waals surface area contributed by atoms with Crippen molar-refractivity contribution in [2.45, 2.75) is 40.2 Å².